The molecule has 1 aliphatic rings. The van der Waals surface area contributed by atoms with E-state index >= 15 is 0 Å². The van der Waals surface area contributed by atoms with Gasteiger partial charge < -0.3 is 21.3 Å². The van der Waals surface area contributed by atoms with Crippen molar-refractivity contribution in [3.05, 3.63) is 71.3 Å². The molecule has 8 heteroatoms. The van der Waals surface area contributed by atoms with Crippen molar-refractivity contribution in [3.8, 4) is 0 Å². The lowest BCUT2D eigenvalue weighted by Gasteiger charge is -2.15. The van der Waals surface area contributed by atoms with Crippen LogP contribution in [0.2, 0.25) is 0 Å². The van der Waals surface area contributed by atoms with Crippen molar-refractivity contribution in [1.29, 1.82) is 0 Å². The van der Waals surface area contributed by atoms with Gasteiger partial charge in [0.2, 0.25) is 5.91 Å². The molecule has 0 aromatic heterocycles. The van der Waals surface area contributed by atoms with Crippen LogP contribution in [0.5, 0.6) is 0 Å². The summed E-state index contributed by atoms with van der Waals surface area (Å²) in [5, 5.41) is 5.83. The lowest BCUT2D eigenvalue weighted by atomic mass is 10.1. The molecule has 0 saturated carbocycles. The maximum atomic E-state index is 12.2. The summed E-state index contributed by atoms with van der Waals surface area (Å²) in [5.74, 6) is -0.248. The van der Waals surface area contributed by atoms with E-state index < -0.39 is 6.04 Å². The molecule has 170 valence electrons. The molecule has 2 aromatic rings. The van der Waals surface area contributed by atoms with Crippen molar-refractivity contribution in [2.75, 3.05) is 26.2 Å². The van der Waals surface area contributed by atoms with Gasteiger partial charge in [0.05, 0.1) is 6.04 Å². The van der Waals surface area contributed by atoms with E-state index in [2.05, 4.69) is 15.5 Å². The number of hydrogen-bond donors (Lipinski definition) is 3. The standard InChI is InChI=1S/C23H30N4O2.2ClH/c24-21(16-18-6-2-1-3-7-18)23(29)26-17-19-8-10-20(11-9-19)22(28)25-12-15-27-13-4-5-14-27;;/h1-3,6-11,21H,4-5,12-17,24H2,(H,25,28)(H,26,29);2*1H. The predicted octanol–water partition coefficient (Wildman–Crippen LogP) is 2.54. The monoisotopic (exact) mass is 466 g/mol. The highest BCUT2D eigenvalue weighted by Gasteiger charge is 2.14. The molecule has 4 N–H and O–H groups in total. The third kappa shape index (κ3) is 8.87. The van der Waals surface area contributed by atoms with Gasteiger partial charge in [-0.05, 0) is 55.6 Å². The van der Waals surface area contributed by atoms with E-state index in [1.54, 1.807) is 12.1 Å². The Balaban J connectivity index is 0.00000240. The smallest absolute Gasteiger partial charge is 0.251 e. The van der Waals surface area contributed by atoms with Gasteiger partial charge in [0.1, 0.15) is 0 Å². The molecule has 31 heavy (non-hydrogen) atoms. The Hall–Kier alpha value is -2.12. The first-order valence-electron chi connectivity index (χ1n) is 10.3. The van der Waals surface area contributed by atoms with Gasteiger partial charge >= 0.3 is 0 Å². The third-order valence-corrected chi connectivity index (χ3v) is 5.23. The van der Waals surface area contributed by atoms with E-state index in [0.717, 1.165) is 30.8 Å². The van der Waals surface area contributed by atoms with Crippen molar-refractivity contribution < 1.29 is 9.59 Å². The van der Waals surface area contributed by atoms with Crippen molar-refractivity contribution >= 4 is 36.6 Å². The summed E-state index contributed by atoms with van der Waals surface area (Å²) >= 11 is 0. The Morgan fingerprint density at radius 1 is 0.903 bits per heavy atom. The third-order valence-electron chi connectivity index (χ3n) is 5.23. The minimum atomic E-state index is -0.585. The number of halogens is 2. The number of benzene rings is 2. The van der Waals surface area contributed by atoms with Gasteiger partial charge in [0, 0.05) is 25.2 Å². The zero-order chi connectivity index (χ0) is 20.5. The van der Waals surface area contributed by atoms with Gasteiger partial charge in [-0.15, -0.1) is 24.8 Å². The van der Waals surface area contributed by atoms with E-state index in [1.165, 1.54) is 12.8 Å². The number of hydrogen-bond acceptors (Lipinski definition) is 4. The SMILES string of the molecule is Cl.Cl.NC(Cc1ccccc1)C(=O)NCc1ccc(C(=O)NCCN2CCCC2)cc1. The number of rotatable bonds is 9. The summed E-state index contributed by atoms with van der Waals surface area (Å²) in [6, 6.07) is 16.4. The molecule has 1 aliphatic heterocycles. The van der Waals surface area contributed by atoms with Gasteiger partial charge in [-0.2, -0.15) is 0 Å². The molecule has 1 fully saturated rings. The van der Waals surface area contributed by atoms with Crippen LogP contribution in [-0.2, 0) is 17.8 Å². The molecule has 1 heterocycles. The quantitative estimate of drug-likeness (QED) is 0.529. The number of amides is 2. The van der Waals surface area contributed by atoms with Crippen molar-refractivity contribution in [3.63, 3.8) is 0 Å². The molecule has 6 nitrogen and oxygen atoms in total. The summed E-state index contributed by atoms with van der Waals surface area (Å²) in [6.07, 6.45) is 3.01. The molecule has 3 rings (SSSR count). The molecule has 0 bridgehead atoms. The number of likely N-dealkylation sites (tertiary alicyclic amines) is 1. The molecule has 2 amide bonds. The maximum Gasteiger partial charge on any atom is 0.251 e. The molecule has 0 radical (unpaired) electrons. The van der Waals surface area contributed by atoms with Crippen LogP contribution < -0.4 is 16.4 Å². The first-order valence-corrected chi connectivity index (χ1v) is 10.3. The number of carbonyl (C=O) groups excluding carboxylic acids is 2. The van der Waals surface area contributed by atoms with E-state index in [4.69, 9.17) is 5.73 Å². The molecule has 1 unspecified atom stereocenters. The Morgan fingerprint density at radius 3 is 2.19 bits per heavy atom. The summed E-state index contributed by atoms with van der Waals surface area (Å²) in [6.45, 7) is 4.21. The van der Waals surface area contributed by atoms with Gasteiger partial charge in [0.25, 0.3) is 5.91 Å². The van der Waals surface area contributed by atoms with Crippen molar-refractivity contribution in [2.24, 2.45) is 5.73 Å². The zero-order valence-corrected chi connectivity index (χ0v) is 19.2. The van der Waals surface area contributed by atoms with Gasteiger partial charge in [-0.1, -0.05) is 42.5 Å². The fourth-order valence-electron chi connectivity index (χ4n) is 3.49. The normalized spacial score (nSPS) is 14.1. The second-order valence-corrected chi connectivity index (χ2v) is 7.52. The predicted molar refractivity (Wildman–Crippen MR) is 129 cm³/mol. The largest absolute Gasteiger partial charge is 0.351 e. The molecule has 0 aliphatic carbocycles. The number of carbonyl (C=O) groups is 2. The summed E-state index contributed by atoms with van der Waals surface area (Å²) in [5.41, 5.74) is 8.59. The fraction of sp³-hybridized carbons (Fsp3) is 0.391. The van der Waals surface area contributed by atoms with E-state index in [0.29, 0.717) is 25.1 Å². The summed E-state index contributed by atoms with van der Waals surface area (Å²) < 4.78 is 0. The van der Waals surface area contributed by atoms with Gasteiger partial charge in [-0.25, -0.2) is 0 Å². The van der Waals surface area contributed by atoms with Crippen LogP contribution in [0.15, 0.2) is 54.6 Å². The van der Waals surface area contributed by atoms with Gasteiger partial charge in [0.15, 0.2) is 0 Å². The molecular weight excluding hydrogens is 435 g/mol. The van der Waals surface area contributed by atoms with E-state index in [1.807, 2.05) is 42.5 Å². The van der Waals surface area contributed by atoms with Crippen LogP contribution in [0.1, 0.15) is 34.3 Å². The Bertz CT molecular complexity index is 797. The number of nitrogens with one attached hydrogen (secondary N) is 2. The average Bonchev–Trinajstić information content (AvgIpc) is 3.26. The lowest BCUT2D eigenvalue weighted by molar-refractivity contribution is -0.122. The minimum Gasteiger partial charge on any atom is -0.351 e. The fourth-order valence-corrected chi connectivity index (χ4v) is 3.49. The minimum absolute atomic E-state index is 0. The van der Waals surface area contributed by atoms with E-state index in [9.17, 15) is 9.59 Å². The second-order valence-electron chi connectivity index (χ2n) is 7.52. The molecule has 2 aromatic carbocycles. The lowest BCUT2D eigenvalue weighted by Crippen LogP contribution is -2.41. The van der Waals surface area contributed by atoms with Gasteiger partial charge in [-0.3, -0.25) is 9.59 Å². The van der Waals surface area contributed by atoms with Crippen LogP contribution in [0.4, 0.5) is 0 Å². The number of nitrogens with zero attached hydrogens (tertiary/aromatic N) is 1. The number of nitrogens with two attached hydrogens (primary N) is 1. The van der Waals surface area contributed by atoms with Crippen LogP contribution in [0.25, 0.3) is 0 Å². The highest BCUT2D eigenvalue weighted by Crippen LogP contribution is 2.07. The van der Waals surface area contributed by atoms with Crippen molar-refractivity contribution in [1.82, 2.24) is 15.5 Å². The first kappa shape index (κ1) is 26.9. The second kappa shape index (κ2) is 14.0. The van der Waals surface area contributed by atoms with E-state index in [-0.39, 0.29) is 36.6 Å². The van der Waals surface area contributed by atoms with Crippen molar-refractivity contribution in [2.45, 2.75) is 31.8 Å². The highest BCUT2D eigenvalue weighted by atomic mass is 35.5. The molecule has 1 saturated heterocycles. The first-order chi connectivity index (χ1) is 14.1. The Labute approximate surface area is 196 Å². The molecular formula is C23H32Cl2N4O2. The summed E-state index contributed by atoms with van der Waals surface area (Å²) in [7, 11) is 0. The maximum absolute atomic E-state index is 12.2. The average molecular weight is 467 g/mol. The Morgan fingerprint density at radius 2 is 1.55 bits per heavy atom. The molecule has 0 spiro atoms. The van der Waals surface area contributed by atoms with Crippen LogP contribution in [0.3, 0.4) is 0 Å². The van der Waals surface area contributed by atoms with Crippen LogP contribution in [0, 0.1) is 0 Å². The summed E-state index contributed by atoms with van der Waals surface area (Å²) in [4.78, 5) is 26.8. The zero-order valence-electron chi connectivity index (χ0n) is 17.6. The molecule has 1 atom stereocenters. The topological polar surface area (TPSA) is 87.5 Å². The Kier molecular flexibility index (Phi) is 12.2. The van der Waals surface area contributed by atoms with Crippen LogP contribution >= 0.6 is 24.8 Å². The highest BCUT2D eigenvalue weighted by molar-refractivity contribution is 5.94. The van der Waals surface area contributed by atoms with Crippen LogP contribution in [-0.4, -0.2) is 48.9 Å².